The second kappa shape index (κ2) is 6.00. The number of carboxylic acid groups (broad SMARTS) is 1. The van der Waals surface area contributed by atoms with Crippen LogP contribution in [0.2, 0.25) is 0 Å². The number of hydrogen-bond acceptors (Lipinski definition) is 3. The second-order valence-corrected chi connectivity index (χ2v) is 5.67. The number of amides is 1. The van der Waals surface area contributed by atoms with Gasteiger partial charge in [0.1, 0.15) is 0 Å². The van der Waals surface area contributed by atoms with Crippen LogP contribution in [0.5, 0.6) is 0 Å². The molecule has 0 bridgehead atoms. The Labute approximate surface area is 110 Å². The Bertz CT molecular complexity index is 416. The van der Waals surface area contributed by atoms with Crippen molar-refractivity contribution in [3.63, 3.8) is 0 Å². The average molecular weight is 267 g/mol. The number of carbonyl (C=O) groups excluding carboxylic acids is 1. The van der Waals surface area contributed by atoms with Crippen LogP contribution in [0.25, 0.3) is 0 Å². The van der Waals surface area contributed by atoms with E-state index in [1.165, 1.54) is 0 Å². The Morgan fingerprint density at radius 1 is 1.33 bits per heavy atom. The summed E-state index contributed by atoms with van der Waals surface area (Å²) in [5.74, 6) is -1.83. The molecule has 0 saturated heterocycles. The summed E-state index contributed by atoms with van der Waals surface area (Å²) in [5.41, 5.74) is 0. The highest BCUT2D eigenvalue weighted by atomic mass is 32.1. The van der Waals surface area contributed by atoms with Crippen LogP contribution >= 0.6 is 11.3 Å². The van der Waals surface area contributed by atoms with Crippen LogP contribution in [-0.4, -0.2) is 17.0 Å². The molecule has 1 aliphatic carbocycles. The summed E-state index contributed by atoms with van der Waals surface area (Å²) in [7, 11) is 0. The van der Waals surface area contributed by atoms with Crippen molar-refractivity contribution in [1.82, 2.24) is 5.32 Å². The summed E-state index contributed by atoms with van der Waals surface area (Å²) < 4.78 is 0. The number of thiophene rings is 1. The van der Waals surface area contributed by atoms with Crippen LogP contribution in [0.1, 0.15) is 30.6 Å². The molecule has 0 aliphatic heterocycles. The molecule has 2 N–H and O–H groups in total. The van der Waals surface area contributed by atoms with Crippen molar-refractivity contribution in [1.29, 1.82) is 0 Å². The maximum Gasteiger partial charge on any atom is 0.307 e. The fourth-order valence-corrected chi connectivity index (χ4v) is 3.10. The lowest BCUT2D eigenvalue weighted by molar-refractivity contribution is -0.148. The first-order valence-electron chi connectivity index (χ1n) is 6.21. The molecule has 1 heterocycles. The lowest BCUT2D eigenvalue weighted by Gasteiger charge is -2.27. The predicted octanol–water partition coefficient (Wildman–Crippen LogP) is 2.26. The molecular weight excluding hydrogens is 250 g/mol. The highest BCUT2D eigenvalue weighted by Gasteiger charge is 2.35. The Balaban J connectivity index is 1.92. The molecule has 0 radical (unpaired) electrons. The molecular formula is C13H17NO3S. The van der Waals surface area contributed by atoms with Gasteiger partial charge in [-0.15, -0.1) is 11.3 Å². The molecule has 2 rings (SSSR count). The van der Waals surface area contributed by atoms with E-state index in [2.05, 4.69) is 5.32 Å². The first kappa shape index (κ1) is 13.1. The zero-order valence-electron chi connectivity index (χ0n) is 10.1. The molecule has 18 heavy (non-hydrogen) atoms. The van der Waals surface area contributed by atoms with Crippen LogP contribution in [-0.2, 0) is 16.1 Å². The van der Waals surface area contributed by atoms with Crippen molar-refractivity contribution in [2.75, 3.05) is 0 Å². The van der Waals surface area contributed by atoms with E-state index in [1.807, 2.05) is 17.5 Å². The van der Waals surface area contributed by atoms with Crippen molar-refractivity contribution in [2.45, 2.75) is 32.2 Å². The number of hydrogen-bond donors (Lipinski definition) is 2. The van der Waals surface area contributed by atoms with Crippen LogP contribution in [0.3, 0.4) is 0 Å². The first-order valence-corrected chi connectivity index (χ1v) is 7.09. The number of carboxylic acids is 1. The minimum Gasteiger partial charge on any atom is -0.481 e. The second-order valence-electron chi connectivity index (χ2n) is 4.63. The topological polar surface area (TPSA) is 66.4 Å². The van der Waals surface area contributed by atoms with E-state index in [0.29, 0.717) is 19.4 Å². The SMILES string of the molecule is O=C(O)[C@H]1CCCC[C@@H]1C(=O)NCc1cccs1. The standard InChI is InChI=1S/C13H17NO3S/c15-12(14-8-9-4-3-7-18-9)10-5-1-2-6-11(10)13(16)17/h3-4,7,10-11H,1-2,5-6,8H2,(H,14,15)(H,16,17)/t10-,11-/m0/s1. The van der Waals surface area contributed by atoms with Gasteiger partial charge in [0, 0.05) is 4.88 Å². The van der Waals surface area contributed by atoms with E-state index in [9.17, 15) is 9.59 Å². The number of carbonyl (C=O) groups is 2. The Morgan fingerprint density at radius 3 is 2.67 bits per heavy atom. The van der Waals surface area contributed by atoms with Gasteiger partial charge in [-0.2, -0.15) is 0 Å². The molecule has 0 aromatic carbocycles. The number of aliphatic carboxylic acids is 1. The zero-order chi connectivity index (χ0) is 13.0. The molecule has 1 saturated carbocycles. The van der Waals surface area contributed by atoms with Gasteiger partial charge >= 0.3 is 5.97 Å². The van der Waals surface area contributed by atoms with Gasteiger partial charge in [0.2, 0.25) is 5.91 Å². The summed E-state index contributed by atoms with van der Waals surface area (Å²) in [6.07, 6.45) is 3.16. The van der Waals surface area contributed by atoms with Crippen LogP contribution < -0.4 is 5.32 Å². The van der Waals surface area contributed by atoms with E-state index < -0.39 is 11.9 Å². The Morgan fingerprint density at radius 2 is 2.06 bits per heavy atom. The van der Waals surface area contributed by atoms with Gasteiger partial charge in [0.05, 0.1) is 18.4 Å². The fraction of sp³-hybridized carbons (Fsp3) is 0.538. The van der Waals surface area contributed by atoms with Crippen LogP contribution in [0.15, 0.2) is 17.5 Å². The van der Waals surface area contributed by atoms with Gasteiger partial charge in [-0.1, -0.05) is 18.9 Å². The lowest BCUT2D eigenvalue weighted by Crippen LogP contribution is -2.39. The lowest BCUT2D eigenvalue weighted by atomic mass is 9.79. The zero-order valence-corrected chi connectivity index (χ0v) is 10.9. The molecule has 1 aromatic rings. The molecule has 1 amide bonds. The van der Waals surface area contributed by atoms with Gasteiger partial charge < -0.3 is 10.4 Å². The normalized spacial score (nSPS) is 23.6. The van der Waals surface area contributed by atoms with E-state index in [1.54, 1.807) is 11.3 Å². The molecule has 0 unspecified atom stereocenters. The maximum atomic E-state index is 12.0. The van der Waals surface area contributed by atoms with E-state index in [4.69, 9.17) is 5.11 Å². The van der Waals surface area contributed by atoms with E-state index in [0.717, 1.165) is 17.7 Å². The summed E-state index contributed by atoms with van der Waals surface area (Å²) in [4.78, 5) is 24.3. The quantitative estimate of drug-likeness (QED) is 0.879. The summed E-state index contributed by atoms with van der Waals surface area (Å²) in [5, 5.41) is 13.9. The first-order chi connectivity index (χ1) is 8.68. The van der Waals surface area contributed by atoms with Crippen LogP contribution in [0, 0.1) is 11.8 Å². The van der Waals surface area contributed by atoms with Crippen molar-refractivity contribution in [3.05, 3.63) is 22.4 Å². The number of rotatable bonds is 4. The minimum absolute atomic E-state index is 0.115. The fourth-order valence-electron chi connectivity index (χ4n) is 2.46. The third-order valence-electron chi connectivity index (χ3n) is 3.44. The minimum atomic E-state index is -0.842. The van der Waals surface area contributed by atoms with Gasteiger partial charge in [0.25, 0.3) is 0 Å². The van der Waals surface area contributed by atoms with Gasteiger partial charge in [-0.05, 0) is 24.3 Å². The van der Waals surface area contributed by atoms with Crippen molar-refractivity contribution in [3.8, 4) is 0 Å². The third kappa shape index (κ3) is 3.10. The molecule has 2 atom stereocenters. The molecule has 5 heteroatoms. The van der Waals surface area contributed by atoms with E-state index >= 15 is 0 Å². The molecule has 1 aromatic heterocycles. The highest BCUT2D eigenvalue weighted by Crippen LogP contribution is 2.30. The maximum absolute atomic E-state index is 12.0. The van der Waals surface area contributed by atoms with Crippen LogP contribution in [0.4, 0.5) is 0 Å². The molecule has 98 valence electrons. The Kier molecular flexibility index (Phi) is 4.36. The van der Waals surface area contributed by atoms with E-state index in [-0.39, 0.29) is 11.8 Å². The third-order valence-corrected chi connectivity index (χ3v) is 4.31. The van der Waals surface area contributed by atoms with Gasteiger partial charge in [-0.3, -0.25) is 9.59 Å². The predicted molar refractivity (Wildman–Crippen MR) is 69.2 cm³/mol. The highest BCUT2D eigenvalue weighted by molar-refractivity contribution is 7.09. The van der Waals surface area contributed by atoms with Crippen molar-refractivity contribution < 1.29 is 14.7 Å². The molecule has 1 aliphatic rings. The summed E-state index contributed by atoms with van der Waals surface area (Å²) in [6.45, 7) is 0.499. The summed E-state index contributed by atoms with van der Waals surface area (Å²) >= 11 is 1.59. The Hall–Kier alpha value is -1.36. The molecule has 4 nitrogen and oxygen atoms in total. The van der Waals surface area contributed by atoms with Crippen molar-refractivity contribution in [2.24, 2.45) is 11.8 Å². The van der Waals surface area contributed by atoms with Crippen molar-refractivity contribution >= 4 is 23.2 Å². The van der Waals surface area contributed by atoms with Gasteiger partial charge in [0.15, 0.2) is 0 Å². The summed E-state index contributed by atoms with van der Waals surface area (Å²) in [6, 6.07) is 3.90. The molecule has 1 fully saturated rings. The number of nitrogens with one attached hydrogen (secondary N) is 1. The molecule has 0 spiro atoms. The largest absolute Gasteiger partial charge is 0.481 e. The monoisotopic (exact) mass is 267 g/mol. The smallest absolute Gasteiger partial charge is 0.307 e. The van der Waals surface area contributed by atoms with Gasteiger partial charge in [-0.25, -0.2) is 0 Å². The average Bonchev–Trinajstić information content (AvgIpc) is 2.89.